The van der Waals surface area contributed by atoms with E-state index in [-0.39, 0.29) is 6.04 Å². The molecule has 2 N–H and O–H groups in total. The van der Waals surface area contributed by atoms with Crippen molar-refractivity contribution in [2.75, 3.05) is 14.2 Å². The molecule has 0 radical (unpaired) electrons. The summed E-state index contributed by atoms with van der Waals surface area (Å²) in [4.78, 5) is 0. The molecule has 0 fully saturated rings. The van der Waals surface area contributed by atoms with Gasteiger partial charge in [-0.25, -0.2) is 0 Å². The van der Waals surface area contributed by atoms with Gasteiger partial charge in [-0.3, -0.25) is 0 Å². The minimum atomic E-state index is -0.108. The van der Waals surface area contributed by atoms with Crippen molar-refractivity contribution in [2.45, 2.75) is 26.8 Å². The molecule has 0 heterocycles. The Labute approximate surface area is 114 Å². The Bertz CT molecular complexity index is 407. The van der Waals surface area contributed by atoms with Crippen molar-refractivity contribution in [2.24, 2.45) is 17.6 Å². The van der Waals surface area contributed by atoms with Gasteiger partial charge in [0.1, 0.15) is 16.5 Å². The van der Waals surface area contributed by atoms with Gasteiger partial charge in [0.2, 0.25) is 0 Å². The van der Waals surface area contributed by atoms with Crippen LogP contribution in [0.2, 0.25) is 5.02 Å². The van der Waals surface area contributed by atoms with Gasteiger partial charge in [-0.2, -0.15) is 0 Å². The molecule has 2 unspecified atom stereocenters. The van der Waals surface area contributed by atoms with Crippen LogP contribution in [0.5, 0.6) is 11.5 Å². The molecule has 102 valence electrons. The predicted octanol–water partition coefficient (Wildman–Crippen LogP) is 3.65. The maximum absolute atomic E-state index is 6.30. The minimum Gasteiger partial charge on any atom is -0.495 e. The standard InChI is InChI=1S/C14H22ClNO2/c1-8(2)9(3)13(16)10-6-7-11(17-4)12(15)14(10)18-5/h6-9,13H,16H2,1-5H3. The van der Waals surface area contributed by atoms with Crippen molar-refractivity contribution in [3.63, 3.8) is 0 Å². The molecule has 4 heteroatoms. The van der Waals surface area contributed by atoms with E-state index in [4.69, 9.17) is 26.8 Å². The molecular formula is C14H22ClNO2. The summed E-state index contributed by atoms with van der Waals surface area (Å²) in [6.07, 6.45) is 0. The second-order valence-corrected chi connectivity index (χ2v) is 5.21. The maximum Gasteiger partial charge on any atom is 0.146 e. The second-order valence-electron chi connectivity index (χ2n) is 4.83. The van der Waals surface area contributed by atoms with Gasteiger partial charge in [-0.15, -0.1) is 0 Å². The first-order valence-corrected chi connectivity index (χ1v) is 6.47. The fourth-order valence-electron chi connectivity index (χ4n) is 1.88. The van der Waals surface area contributed by atoms with Gasteiger partial charge in [0, 0.05) is 11.6 Å². The molecule has 0 saturated heterocycles. The van der Waals surface area contributed by atoms with Gasteiger partial charge in [0.25, 0.3) is 0 Å². The molecule has 0 aliphatic carbocycles. The van der Waals surface area contributed by atoms with Crippen LogP contribution < -0.4 is 15.2 Å². The fraction of sp³-hybridized carbons (Fsp3) is 0.571. The topological polar surface area (TPSA) is 44.5 Å². The van der Waals surface area contributed by atoms with Crippen molar-refractivity contribution in [1.29, 1.82) is 0 Å². The molecule has 0 aliphatic rings. The number of hydrogen-bond donors (Lipinski definition) is 1. The third kappa shape index (κ3) is 2.90. The lowest BCUT2D eigenvalue weighted by Crippen LogP contribution is -2.23. The molecule has 3 nitrogen and oxygen atoms in total. The highest BCUT2D eigenvalue weighted by Gasteiger charge is 2.23. The second kappa shape index (κ2) is 6.30. The Morgan fingerprint density at radius 2 is 1.72 bits per heavy atom. The average molecular weight is 272 g/mol. The van der Waals surface area contributed by atoms with Crippen LogP contribution >= 0.6 is 11.6 Å². The molecule has 0 spiro atoms. The van der Waals surface area contributed by atoms with Gasteiger partial charge in [0.15, 0.2) is 0 Å². The van der Waals surface area contributed by atoms with Crippen LogP contribution in [-0.4, -0.2) is 14.2 Å². The Morgan fingerprint density at radius 1 is 1.11 bits per heavy atom. The molecule has 0 amide bonds. The third-order valence-electron chi connectivity index (χ3n) is 3.49. The highest BCUT2D eigenvalue weighted by Crippen LogP contribution is 2.41. The number of halogens is 1. The Morgan fingerprint density at radius 3 is 2.17 bits per heavy atom. The normalized spacial score (nSPS) is 14.4. The number of benzene rings is 1. The lowest BCUT2D eigenvalue weighted by Gasteiger charge is -2.26. The lowest BCUT2D eigenvalue weighted by molar-refractivity contribution is 0.336. The van der Waals surface area contributed by atoms with Crippen molar-refractivity contribution in [1.82, 2.24) is 0 Å². The van der Waals surface area contributed by atoms with Crippen LogP contribution in [0.15, 0.2) is 12.1 Å². The predicted molar refractivity (Wildman–Crippen MR) is 75.5 cm³/mol. The first-order valence-electron chi connectivity index (χ1n) is 6.10. The molecule has 0 aromatic heterocycles. The summed E-state index contributed by atoms with van der Waals surface area (Å²) in [6.45, 7) is 6.44. The summed E-state index contributed by atoms with van der Waals surface area (Å²) >= 11 is 6.24. The summed E-state index contributed by atoms with van der Waals surface area (Å²) < 4.78 is 10.6. The molecule has 1 aromatic carbocycles. The number of nitrogens with two attached hydrogens (primary N) is 1. The first-order chi connectivity index (χ1) is 8.43. The van der Waals surface area contributed by atoms with E-state index in [1.54, 1.807) is 14.2 Å². The molecule has 1 rings (SSSR count). The van der Waals surface area contributed by atoms with E-state index in [1.807, 2.05) is 12.1 Å². The van der Waals surface area contributed by atoms with E-state index >= 15 is 0 Å². The fourth-order valence-corrected chi connectivity index (χ4v) is 2.20. The third-order valence-corrected chi connectivity index (χ3v) is 3.85. The Hall–Kier alpha value is -0.930. The van der Waals surface area contributed by atoms with E-state index in [1.165, 1.54) is 0 Å². The molecule has 2 atom stereocenters. The summed E-state index contributed by atoms with van der Waals surface area (Å²) in [5.74, 6) is 2.03. The van der Waals surface area contributed by atoms with Crippen molar-refractivity contribution >= 4 is 11.6 Å². The van der Waals surface area contributed by atoms with Gasteiger partial charge >= 0.3 is 0 Å². The van der Waals surface area contributed by atoms with E-state index < -0.39 is 0 Å². The Balaban J connectivity index is 3.20. The summed E-state index contributed by atoms with van der Waals surface area (Å²) in [5.41, 5.74) is 7.22. The first kappa shape index (κ1) is 15.1. The molecule has 1 aromatic rings. The van der Waals surface area contributed by atoms with Crippen LogP contribution in [0.25, 0.3) is 0 Å². The van der Waals surface area contributed by atoms with Crippen LogP contribution in [0.4, 0.5) is 0 Å². The highest BCUT2D eigenvalue weighted by atomic mass is 35.5. The van der Waals surface area contributed by atoms with Crippen LogP contribution in [-0.2, 0) is 0 Å². The summed E-state index contributed by atoms with van der Waals surface area (Å²) in [7, 11) is 3.17. The van der Waals surface area contributed by atoms with Crippen molar-refractivity contribution in [3.8, 4) is 11.5 Å². The van der Waals surface area contributed by atoms with Crippen LogP contribution in [0, 0.1) is 11.8 Å². The van der Waals surface area contributed by atoms with E-state index in [0.29, 0.717) is 28.4 Å². The number of ether oxygens (including phenoxy) is 2. The molecule has 0 bridgehead atoms. The van der Waals surface area contributed by atoms with Crippen molar-refractivity contribution < 1.29 is 9.47 Å². The largest absolute Gasteiger partial charge is 0.495 e. The van der Waals surface area contributed by atoms with Crippen LogP contribution in [0.3, 0.4) is 0 Å². The maximum atomic E-state index is 6.30. The highest BCUT2D eigenvalue weighted by molar-refractivity contribution is 6.33. The lowest BCUT2D eigenvalue weighted by atomic mass is 9.86. The smallest absolute Gasteiger partial charge is 0.146 e. The number of rotatable bonds is 5. The van der Waals surface area contributed by atoms with Gasteiger partial charge < -0.3 is 15.2 Å². The molecular weight excluding hydrogens is 250 g/mol. The van der Waals surface area contributed by atoms with E-state index in [9.17, 15) is 0 Å². The van der Waals surface area contributed by atoms with Gasteiger partial charge in [-0.1, -0.05) is 32.4 Å². The number of methoxy groups -OCH3 is 2. The number of hydrogen-bond acceptors (Lipinski definition) is 3. The van der Waals surface area contributed by atoms with E-state index in [2.05, 4.69) is 20.8 Å². The minimum absolute atomic E-state index is 0.108. The monoisotopic (exact) mass is 271 g/mol. The SMILES string of the molecule is COc1ccc(C(N)C(C)C(C)C)c(OC)c1Cl. The summed E-state index contributed by atoms with van der Waals surface area (Å²) in [5, 5.41) is 0.476. The average Bonchev–Trinajstić information content (AvgIpc) is 2.36. The van der Waals surface area contributed by atoms with Crippen molar-refractivity contribution in [3.05, 3.63) is 22.7 Å². The molecule has 0 aliphatic heterocycles. The van der Waals surface area contributed by atoms with Gasteiger partial charge in [-0.05, 0) is 24.0 Å². The molecule has 0 saturated carbocycles. The Kier molecular flexibility index (Phi) is 5.29. The zero-order valence-electron chi connectivity index (χ0n) is 11.7. The van der Waals surface area contributed by atoms with Crippen LogP contribution in [0.1, 0.15) is 32.4 Å². The zero-order valence-corrected chi connectivity index (χ0v) is 12.4. The zero-order chi connectivity index (χ0) is 13.9. The quantitative estimate of drug-likeness (QED) is 0.889. The van der Waals surface area contributed by atoms with Gasteiger partial charge in [0.05, 0.1) is 14.2 Å². The summed E-state index contributed by atoms with van der Waals surface area (Å²) in [6, 6.07) is 3.64. The van der Waals surface area contributed by atoms with E-state index in [0.717, 1.165) is 5.56 Å². The molecule has 18 heavy (non-hydrogen) atoms.